The zero-order valence-electron chi connectivity index (χ0n) is 16.2. The lowest BCUT2D eigenvalue weighted by Crippen LogP contribution is -2.46. The van der Waals surface area contributed by atoms with Gasteiger partial charge in [0.15, 0.2) is 5.96 Å². The topological polar surface area (TPSA) is 81.6 Å². The molecule has 7 nitrogen and oxygen atoms in total. The molecule has 3 rings (SSSR count). The smallest absolute Gasteiger partial charge is 0.252 e. The quantitative estimate of drug-likeness (QED) is 0.388. The SMILES string of the molecule is CN=C(NCCNC(=O)c1cccnc1)NC1CCN(c2c(F)cccc2F)C1. The number of pyridine rings is 1. The van der Waals surface area contributed by atoms with E-state index in [9.17, 15) is 13.6 Å². The Labute approximate surface area is 168 Å². The van der Waals surface area contributed by atoms with Crippen molar-refractivity contribution in [2.24, 2.45) is 4.99 Å². The highest BCUT2D eigenvalue weighted by Crippen LogP contribution is 2.26. The maximum absolute atomic E-state index is 14.0. The lowest BCUT2D eigenvalue weighted by molar-refractivity contribution is 0.0954. The molecule has 0 aliphatic carbocycles. The molecule has 9 heteroatoms. The number of hydrogen-bond donors (Lipinski definition) is 3. The van der Waals surface area contributed by atoms with Crippen molar-refractivity contribution >= 4 is 17.6 Å². The van der Waals surface area contributed by atoms with Gasteiger partial charge in [0.2, 0.25) is 0 Å². The van der Waals surface area contributed by atoms with Crippen molar-refractivity contribution in [2.75, 3.05) is 38.1 Å². The third kappa shape index (κ3) is 5.40. The van der Waals surface area contributed by atoms with Crippen LogP contribution >= 0.6 is 0 Å². The van der Waals surface area contributed by atoms with E-state index in [0.29, 0.717) is 37.7 Å². The second-order valence-corrected chi connectivity index (χ2v) is 6.64. The Morgan fingerprint density at radius 3 is 2.66 bits per heavy atom. The monoisotopic (exact) mass is 402 g/mol. The number of guanidine groups is 1. The minimum absolute atomic E-state index is 0.00481. The molecule has 0 radical (unpaired) electrons. The van der Waals surface area contributed by atoms with E-state index in [2.05, 4.69) is 25.9 Å². The molecule has 1 aliphatic rings. The average molecular weight is 402 g/mol. The molecular weight excluding hydrogens is 378 g/mol. The predicted molar refractivity (Wildman–Crippen MR) is 108 cm³/mol. The predicted octanol–water partition coefficient (Wildman–Crippen LogP) is 1.53. The lowest BCUT2D eigenvalue weighted by Gasteiger charge is -2.21. The number of benzene rings is 1. The van der Waals surface area contributed by atoms with Gasteiger partial charge in [0.1, 0.15) is 17.3 Å². The van der Waals surface area contributed by atoms with Gasteiger partial charge in [-0.25, -0.2) is 8.78 Å². The molecular formula is C20H24F2N6O. The maximum atomic E-state index is 14.0. The van der Waals surface area contributed by atoms with Gasteiger partial charge in [-0.1, -0.05) is 6.07 Å². The lowest BCUT2D eigenvalue weighted by atomic mass is 10.2. The summed E-state index contributed by atoms with van der Waals surface area (Å²) in [5.74, 6) is -0.738. The van der Waals surface area contributed by atoms with Gasteiger partial charge in [-0.3, -0.25) is 14.8 Å². The van der Waals surface area contributed by atoms with Gasteiger partial charge in [0.25, 0.3) is 5.91 Å². The first-order chi connectivity index (χ1) is 14.1. The summed E-state index contributed by atoms with van der Waals surface area (Å²) in [6.07, 6.45) is 3.85. The number of para-hydroxylation sites is 1. The average Bonchev–Trinajstić information content (AvgIpc) is 3.18. The maximum Gasteiger partial charge on any atom is 0.252 e. The van der Waals surface area contributed by atoms with Crippen LogP contribution in [0.2, 0.25) is 0 Å². The number of halogens is 2. The van der Waals surface area contributed by atoms with Crippen LogP contribution in [0.3, 0.4) is 0 Å². The van der Waals surface area contributed by atoms with Crippen molar-refractivity contribution < 1.29 is 13.6 Å². The molecule has 0 bridgehead atoms. The molecule has 1 atom stereocenters. The van der Waals surface area contributed by atoms with Gasteiger partial charge in [-0.05, 0) is 30.7 Å². The summed E-state index contributed by atoms with van der Waals surface area (Å²) in [4.78, 5) is 21.7. The molecule has 1 amide bonds. The Kier molecular flexibility index (Phi) is 6.94. The van der Waals surface area contributed by atoms with E-state index >= 15 is 0 Å². The van der Waals surface area contributed by atoms with E-state index in [4.69, 9.17) is 0 Å². The molecule has 3 N–H and O–H groups in total. The Bertz CT molecular complexity index is 841. The Morgan fingerprint density at radius 2 is 1.97 bits per heavy atom. The number of aliphatic imine (C=N–C) groups is 1. The molecule has 154 valence electrons. The van der Waals surface area contributed by atoms with Crippen LogP contribution in [-0.4, -0.2) is 56.1 Å². The van der Waals surface area contributed by atoms with Crippen molar-refractivity contribution in [3.05, 3.63) is 59.9 Å². The number of carbonyl (C=O) groups is 1. The second-order valence-electron chi connectivity index (χ2n) is 6.64. The first-order valence-electron chi connectivity index (χ1n) is 9.43. The van der Waals surface area contributed by atoms with Crippen molar-refractivity contribution in [1.29, 1.82) is 0 Å². The van der Waals surface area contributed by atoms with E-state index in [-0.39, 0.29) is 17.6 Å². The first kappa shape index (κ1) is 20.5. The minimum atomic E-state index is -0.558. The number of carbonyl (C=O) groups excluding carboxylic acids is 1. The van der Waals surface area contributed by atoms with Crippen LogP contribution in [-0.2, 0) is 0 Å². The summed E-state index contributed by atoms with van der Waals surface area (Å²) in [6.45, 7) is 1.90. The number of anilines is 1. The summed E-state index contributed by atoms with van der Waals surface area (Å²) >= 11 is 0. The Morgan fingerprint density at radius 1 is 1.21 bits per heavy atom. The van der Waals surface area contributed by atoms with Crippen LogP contribution in [0.1, 0.15) is 16.8 Å². The number of hydrogen-bond acceptors (Lipinski definition) is 4. The van der Waals surface area contributed by atoms with Crippen molar-refractivity contribution in [2.45, 2.75) is 12.5 Å². The fourth-order valence-corrected chi connectivity index (χ4v) is 3.22. The van der Waals surface area contributed by atoms with E-state index in [1.54, 1.807) is 30.3 Å². The van der Waals surface area contributed by atoms with E-state index in [0.717, 1.165) is 6.42 Å². The zero-order chi connectivity index (χ0) is 20.6. The zero-order valence-corrected chi connectivity index (χ0v) is 16.2. The molecule has 1 aromatic carbocycles. The van der Waals surface area contributed by atoms with Crippen LogP contribution in [0.4, 0.5) is 14.5 Å². The molecule has 1 unspecified atom stereocenters. The normalized spacial score (nSPS) is 16.6. The molecule has 1 saturated heterocycles. The highest BCUT2D eigenvalue weighted by atomic mass is 19.1. The molecule has 2 aromatic rings. The van der Waals surface area contributed by atoms with Gasteiger partial charge in [0, 0.05) is 51.7 Å². The summed E-state index contributed by atoms with van der Waals surface area (Å²) in [7, 11) is 1.65. The number of nitrogens with zero attached hydrogens (tertiary/aromatic N) is 3. The summed E-state index contributed by atoms with van der Waals surface area (Å²) in [5, 5.41) is 9.17. The molecule has 1 fully saturated rings. The molecule has 1 aromatic heterocycles. The second kappa shape index (κ2) is 9.81. The Balaban J connectivity index is 1.43. The fraction of sp³-hybridized carbons (Fsp3) is 0.350. The number of nitrogens with one attached hydrogen (secondary N) is 3. The van der Waals surface area contributed by atoms with Crippen LogP contribution in [0.25, 0.3) is 0 Å². The number of amides is 1. The summed E-state index contributed by atoms with van der Waals surface area (Å²) in [5.41, 5.74) is 0.513. The fourth-order valence-electron chi connectivity index (χ4n) is 3.22. The standard InChI is InChI=1S/C20H24F2N6O/c1-23-20(26-10-9-25-19(29)14-4-3-8-24-12-14)27-15-7-11-28(13-15)18-16(21)5-2-6-17(18)22/h2-6,8,12,15H,7,9-11,13H2,1H3,(H,25,29)(H2,23,26,27). The van der Waals surface area contributed by atoms with Gasteiger partial charge in [-0.15, -0.1) is 0 Å². The van der Waals surface area contributed by atoms with Gasteiger partial charge in [-0.2, -0.15) is 0 Å². The van der Waals surface area contributed by atoms with Crippen molar-refractivity contribution in [1.82, 2.24) is 20.9 Å². The van der Waals surface area contributed by atoms with Crippen LogP contribution < -0.4 is 20.9 Å². The summed E-state index contributed by atoms with van der Waals surface area (Å²) in [6, 6.07) is 7.29. The van der Waals surface area contributed by atoms with Crippen LogP contribution in [0, 0.1) is 11.6 Å². The molecule has 0 spiro atoms. The van der Waals surface area contributed by atoms with Gasteiger partial charge < -0.3 is 20.9 Å². The van der Waals surface area contributed by atoms with Crippen molar-refractivity contribution in [3.8, 4) is 0 Å². The molecule has 2 heterocycles. The van der Waals surface area contributed by atoms with Crippen molar-refractivity contribution in [3.63, 3.8) is 0 Å². The third-order valence-electron chi connectivity index (χ3n) is 4.63. The highest BCUT2D eigenvalue weighted by Gasteiger charge is 2.27. The van der Waals surface area contributed by atoms with E-state index < -0.39 is 11.6 Å². The van der Waals surface area contributed by atoms with Crippen LogP contribution in [0.15, 0.2) is 47.7 Å². The van der Waals surface area contributed by atoms with Gasteiger partial charge >= 0.3 is 0 Å². The Hall–Kier alpha value is -3.23. The molecule has 0 saturated carbocycles. The number of aromatic nitrogens is 1. The van der Waals surface area contributed by atoms with Crippen LogP contribution in [0.5, 0.6) is 0 Å². The van der Waals surface area contributed by atoms with E-state index in [1.807, 2.05) is 0 Å². The third-order valence-corrected chi connectivity index (χ3v) is 4.63. The first-order valence-corrected chi connectivity index (χ1v) is 9.43. The largest absolute Gasteiger partial charge is 0.365 e. The molecule has 29 heavy (non-hydrogen) atoms. The minimum Gasteiger partial charge on any atom is -0.365 e. The number of rotatable bonds is 6. The van der Waals surface area contributed by atoms with Gasteiger partial charge in [0.05, 0.1) is 5.56 Å². The van der Waals surface area contributed by atoms with E-state index in [1.165, 1.54) is 24.4 Å². The molecule has 1 aliphatic heterocycles. The highest BCUT2D eigenvalue weighted by molar-refractivity contribution is 5.93. The summed E-state index contributed by atoms with van der Waals surface area (Å²) < 4.78 is 27.9.